The second-order valence-corrected chi connectivity index (χ2v) is 3.91. The molecule has 0 spiro atoms. The van der Waals surface area contributed by atoms with Crippen molar-refractivity contribution in [3.05, 3.63) is 29.8 Å². The summed E-state index contributed by atoms with van der Waals surface area (Å²) < 4.78 is 41.4. The van der Waals surface area contributed by atoms with Gasteiger partial charge in [-0.15, -0.1) is 0 Å². The van der Waals surface area contributed by atoms with Gasteiger partial charge in [0.05, 0.1) is 25.8 Å². The molecule has 0 aliphatic heterocycles. The van der Waals surface area contributed by atoms with Gasteiger partial charge in [0.1, 0.15) is 5.75 Å². The number of alkyl halides is 3. The second kappa shape index (κ2) is 5.86. The highest BCUT2D eigenvalue weighted by Gasteiger charge is 2.30. The minimum atomic E-state index is -4.31. The number of methoxy groups -OCH3 is 1. The fourth-order valence-electron chi connectivity index (χ4n) is 1.57. The zero-order valence-electron chi connectivity index (χ0n) is 10.1. The van der Waals surface area contributed by atoms with E-state index in [2.05, 4.69) is 0 Å². The highest BCUT2D eigenvalue weighted by molar-refractivity contribution is 6.00. The minimum Gasteiger partial charge on any atom is -0.496 e. The first-order valence-electron chi connectivity index (χ1n) is 5.25. The lowest BCUT2D eigenvalue weighted by Crippen LogP contribution is -2.34. The molecule has 0 saturated heterocycles. The van der Waals surface area contributed by atoms with Crippen molar-refractivity contribution in [3.63, 3.8) is 0 Å². The van der Waals surface area contributed by atoms with E-state index in [1.165, 1.54) is 20.2 Å². The van der Waals surface area contributed by atoms with E-state index in [4.69, 9.17) is 4.74 Å². The summed E-state index contributed by atoms with van der Waals surface area (Å²) >= 11 is 0. The molecule has 0 aliphatic carbocycles. The third-order valence-electron chi connectivity index (χ3n) is 2.27. The fourth-order valence-corrected chi connectivity index (χ4v) is 1.57. The molecular formula is C12H14F3NO2. The Kier molecular flexibility index (Phi) is 4.72. The van der Waals surface area contributed by atoms with Crippen LogP contribution in [-0.4, -0.2) is 44.1 Å². The average Bonchev–Trinajstić information content (AvgIpc) is 2.26. The number of para-hydroxylation sites is 1. The lowest BCUT2D eigenvalue weighted by molar-refractivity contribution is -0.141. The van der Waals surface area contributed by atoms with Crippen LogP contribution in [-0.2, 0) is 0 Å². The highest BCUT2D eigenvalue weighted by Crippen LogP contribution is 2.19. The number of likely N-dealkylation sites (N-methyl/N-ethyl adjacent to an activating group) is 1. The third-order valence-corrected chi connectivity index (χ3v) is 2.27. The van der Waals surface area contributed by atoms with Crippen molar-refractivity contribution in [2.75, 3.05) is 27.2 Å². The van der Waals surface area contributed by atoms with Gasteiger partial charge < -0.3 is 4.74 Å². The van der Waals surface area contributed by atoms with E-state index in [1.54, 1.807) is 18.2 Å². The largest absolute Gasteiger partial charge is 0.496 e. The SMILES string of the molecule is COc1ccccc1C(=O)CN(C)CC(F)(F)F. The van der Waals surface area contributed by atoms with E-state index in [1.807, 2.05) is 0 Å². The number of carbonyl (C=O) groups is 1. The summed E-state index contributed by atoms with van der Waals surface area (Å²) in [5.41, 5.74) is 0.286. The molecule has 3 nitrogen and oxygen atoms in total. The van der Waals surface area contributed by atoms with E-state index in [0.717, 1.165) is 4.90 Å². The van der Waals surface area contributed by atoms with Gasteiger partial charge in [0.25, 0.3) is 0 Å². The first-order valence-corrected chi connectivity index (χ1v) is 5.25. The average molecular weight is 261 g/mol. The fraction of sp³-hybridized carbons (Fsp3) is 0.417. The molecule has 0 aromatic heterocycles. The number of carbonyl (C=O) groups excluding carboxylic acids is 1. The molecule has 6 heteroatoms. The molecule has 0 atom stereocenters. The number of ether oxygens (including phenoxy) is 1. The van der Waals surface area contributed by atoms with E-state index >= 15 is 0 Å². The molecule has 0 N–H and O–H groups in total. The predicted octanol–water partition coefficient (Wildman–Crippen LogP) is 2.37. The van der Waals surface area contributed by atoms with Crippen LogP contribution in [0.15, 0.2) is 24.3 Å². The lowest BCUT2D eigenvalue weighted by atomic mass is 10.1. The Labute approximate surface area is 103 Å². The molecule has 100 valence electrons. The van der Waals surface area contributed by atoms with Crippen LogP contribution in [0.25, 0.3) is 0 Å². The number of hydrogen-bond acceptors (Lipinski definition) is 3. The minimum absolute atomic E-state index is 0.286. The van der Waals surface area contributed by atoms with Crippen LogP contribution in [0, 0.1) is 0 Å². The zero-order chi connectivity index (χ0) is 13.8. The number of Topliss-reactive ketones (excluding diaryl/α,β-unsaturated/α-hetero) is 1. The van der Waals surface area contributed by atoms with E-state index in [0.29, 0.717) is 5.75 Å². The highest BCUT2D eigenvalue weighted by atomic mass is 19.4. The first-order chi connectivity index (χ1) is 8.33. The number of ketones is 1. The summed E-state index contributed by atoms with van der Waals surface area (Å²) in [5, 5.41) is 0. The van der Waals surface area contributed by atoms with Crippen LogP contribution in [0.5, 0.6) is 5.75 Å². The summed E-state index contributed by atoms with van der Waals surface area (Å²) in [4.78, 5) is 12.8. The van der Waals surface area contributed by atoms with Crippen molar-refractivity contribution in [2.45, 2.75) is 6.18 Å². The molecule has 0 radical (unpaired) electrons. The molecule has 0 amide bonds. The quantitative estimate of drug-likeness (QED) is 0.762. The van der Waals surface area contributed by atoms with Gasteiger partial charge in [0.2, 0.25) is 0 Å². The lowest BCUT2D eigenvalue weighted by Gasteiger charge is -2.18. The Morgan fingerprint density at radius 3 is 2.50 bits per heavy atom. The van der Waals surface area contributed by atoms with Crippen LogP contribution in [0.2, 0.25) is 0 Å². The molecule has 0 aliphatic rings. The maximum atomic E-state index is 12.1. The zero-order valence-corrected chi connectivity index (χ0v) is 10.1. The van der Waals surface area contributed by atoms with Crippen LogP contribution >= 0.6 is 0 Å². The van der Waals surface area contributed by atoms with Crippen molar-refractivity contribution in [2.24, 2.45) is 0 Å². The molecule has 0 fully saturated rings. The van der Waals surface area contributed by atoms with Gasteiger partial charge in [-0.05, 0) is 19.2 Å². The molecule has 1 aromatic carbocycles. The van der Waals surface area contributed by atoms with Crippen molar-refractivity contribution in [3.8, 4) is 5.75 Å². The summed E-state index contributed by atoms with van der Waals surface area (Å²) in [7, 11) is 2.66. The molecule has 0 bridgehead atoms. The first kappa shape index (κ1) is 14.5. The molecule has 0 saturated carbocycles. The van der Waals surface area contributed by atoms with Gasteiger partial charge in [0.15, 0.2) is 5.78 Å². The molecule has 0 heterocycles. The number of hydrogen-bond donors (Lipinski definition) is 0. The summed E-state index contributed by atoms with van der Waals surface area (Å²) in [5.74, 6) is -0.0397. The van der Waals surface area contributed by atoms with Gasteiger partial charge in [-0.25, -0.2) is 0 Å². The van der Waals surface area contributed by atoms with Crippen LogP contribution < -0.4 is 4.74 Å². The normalized spacial score (nSPS) is 11.7. The topological polar surface area (TPSA) is 29.5 Å². The maximum absolute atomic E-state index is 12.1. The van der Waals surface area contributed by atoms with E-state index < -0.39 is 18.5 Å². The van der Waals surface area contributed by atoms with Crippen molar-refractivity contribution in [1.82, 2.24) is 4.90 Å². The van der Waals surface area contributed by atoms with Crippen LogP contribution in [0.4, 0.5) is 13.2 Å². The second-order valence-electron chi connectivity index (χ2n) is 3.91. The van der Waals surface area contributed by atoms with Crippen LogP contribution in [0.3, 0.4) is 0 Å². The smallest absolute Gasteiger partial charge is 0.401 e. The van der Waals surface area contributed by atoms with Crippen LogP contribution in [0.1, 0.15) is 10.4 Å². The number of halogens is 3. The van der Waals surface area contributed by atoms with Crippen molar-refractivity contribution < 1.29 is 22.7 Å². The van der Waals surface area contributed by atoms with E-state index in [-0.39, 0.29) is 12.1 Å². The molecule has 18 heavy (non-hydrogen) atoms. The Hall–Kier alpha value is -1.56. The predicted molar refractivity (Wildman–Crippen MR) is 60.9 cm³/mol. The number of nitrogens with zero attached hydrogens (tertiary/aromatic N) is 1. The van der Waals surface area contributed by atoms with Gasteiger partial charge in [-0.2, -0.15) is 13.2 Å². The molecule has 0 unspecified atom stereocenters. The summed E-state index contributed by atoms with van der Waals surface area (Å²) in [6.07, 6.45) is -4.31. The van der Waals surface area contributed by atoms with Gasteiger partial charge >= 0.3 is 6.18 Å². The Morgan fingerprint density at radius 1 is 1.33 bits per heavy atom. The van der Waals surface area contributed by atoms with Gasteiger partial charge in [0, 0.05) is 0 Å². The molecular weight excluding hydrogens is 247 g/mol. The summed E-state index contributed by atoms with van der Waals surface area (Å²) in [6.45, 7) is -1.42. The Morgan fingerprint density at radius 2 is 1.94 bits per heavy atom. The Balaban J connectivity index is 2.71. The number of benzene rings is 1. The standard InChI is InChI=1S/C12H14F3NO2/c1-16(8-12(13,14)15)7-10(17)9-5-3-4-6-11(9)18-2/h3-6H,7-8H2,1-2H3. The Bertz CT molecular complexity index is 418. The van der Waals surface area contributed by atoms with Crippen molar-refractivity contribution in [1.29, 1.82) is 0 Å². The molecule has 1 rings (SSSR count). The number of rotatable bonds is 5. The van der Waals surface area contributed by atoms with Gasteiger partial charge in [-0.3, -0.25) is 9.69 Å². The molecule has 1 aromatic rings. The monoisotopic (exact) mass is 261 g/mol. The van der Waals surface area contributed by atoms with E-state index in [9.17, 15) is 18.0 Å². The third kappa shape index (κ3) is 4.37. The summed E-state index contributed by atoms with van der Waals surface area (Å²) in [6, 6.07) is 6.45. The van der Waals surface area contributed by atoms with Gasteiger partial charge in [-0.1, -0.05) is 12.1 Å². The van der Waals surface area contributed by atoms with Crippen molar-refractivity contribution >= 4 is 5.78 Å². The maximum Gasteiger partial charge on any atom is 0.401 e.